The van der Waals surface area contributed by atoms with Crippen molar-refractivity contribution < 1.29 is 14.3 Å². The maximum absolute atomic E-state index is 11.9. The van der Waals surface area contributed by atoms with E-state index in [-0.39, 0.29) is 5.91 Å². The van der Waals surface area contributed by atoms with E-state index in [9.17, 15) is 4.79 Å². The average Bonchev–Trinajstić information content (AvgIpc) is 2.60. The molecule has 1 N–H and O–H groups in total. The lowest BCUT2D eigenvalue weighted by atomic mass is 9.91. The largest absolute Gasteiger partial charge is 0.378 e. The predicted octanol–water partition coefficient (Wildman–Crippen LogP) is 0.461. The molecule has 2 rings (SSSR count). The Hall–Kier alpha value is -0.610. The summed E-state index contributed by atoms with van der Waals surface area (Å²) in [4.78, 5) is 11.9. The smallest absolute Gasteiger partial charge is 0.254 e. The molecule has 1 aliphatic heterocycles. The van der Waals surface area contributed by atoms with Crippen LogP contribution < -0.4 is 5.32 Å². The molecule has 1 saturated carbocycles. The SMILES string of the molecule is COC1(C(=O)NC2CCC2)CCOC1. The zero-order valence-corrected chi connectivity index (χ0v) is 8.54. The van der Waals surface area contributed by atoms with E-state index in [0.29, 0.717) is 25.7 Å². The molecule has 0 aromatic rings. The summed E-state index contributed by atoms with van der Waals surface area (Å²) in [5.74, 6) is 0.00204. The van der Waals surface area contributed by atoms with Gasteiger partial charge in [0, 0.05) is 19.6 Å². The van der Waals surface area contributed by atoms with Crippen LogP contribution in [-0.4, -0.2) is 37.9 Å². The minimum absolute atomic E-state index is 0.00204. The lowest BCUT2D eigenvalue weighted by Crippen LogP contribution is -2.53. The highest BCUT2D eigenvalue weighted by Gasteiger charge is 2.43. The van der Waals surface area contributed by atoms with Gasteiger partial charge in [-0.05, 0) is 19.3 Å². The number of carbonyl (C=O) groups excluding carboxylic acids is 1. The highest BCUT2D eigenvalue weighted by Crippen LogP contribution is 2.25. The summed E-state index contributed by atoms with van der Waals surface area (Å²) < 4.78 is 10.5. The Morgan fingerprint density at radius 1 is 1.57 bits per heavy atom. The summed E-state index contributed by atoms with van der Waals surface area (Å²) in [6.07, 6.45) is 4.10. The summed E-state index contributed by atoms with van der Waals surface area (Å²) in [6, 6.07) is 0.370. The number of methoxy groups -OCH3 is 1. The first-order chi connectivity index (χ1) is 6.77. The van der Waals surface area contributed by atoms with Gasteiger partial charge in [0.25, 0.3) is 5.91 Å². The minimum atomic E-state index is -0.713. The highest BCUT2D eigenvalue weighted by molar-refractivity contribution is 5.86. The van der Waals surface area contributed by atoms with Gasteiger partial charge in [0.2, 0.25) is 0 Å². The van der Waals surface area contributed by atoms with E-state index in [0.717, 1.165) is 12.8 Å². The fourth-order valence-electron chi connectivity index (χ4n) is 1.85. The fourth-order valence-corrected chi connectivity index (χ4v) is 1.85. The molecule has 4 heteroatoms. The first-order valence-corrected chi connectivity index (χ1v) is 5.21. The van der Waals surface area contributed by atoms with Gasteiger partial charge in [0.1, 0.15) is 0 Å². The molecular weight excluding hydrogens is 182 g/mol. The van der Waals surface area contributed by atoms with Crippen LogP contribution in [0.2, 0.25) is 0 Å². The molecule has 14 heavy (non-hydrogen) atoms. The van der Waals surface area contributed by atoms with E-state index in [1.165, 1.54) is 6.42 Å². The maximum atomic E-state index is 11.9. The Morgan fingerprint density at radius 2 is 2.36 bits per heavy atom. The molecule has 1 heterocycles. The Morgan fingerprint density at radius 3 is 2.79 bits per heavy atom. The van der Waals surface area contributed by atoms with Crippen molar-refractivity contribution in [3.05, 3.63) is 0 Å². The van der Waals surface area contributed by atoms with E-state index >= 15 is 0 Å². The molecule has 2 aliphatic rings. The van der Waals surface area contributed by atoms with Crippen molar-refractivity contribution in [2.24, 2.45) is 0 Å². The molecule has 1 saturated heterocycles. The second-order valence-electron chi connectivity index (χ2n) is 4.10. The van der Waals surface area contributed by atoms with Crippen LogP contribution >= 0.6 is 0 Å². The fraction of sp³-hybridized carbons (Fsp3) is 0.900. The lowest BCUT2D eigenvalue weighted by Gasteiger charge is -2.31. The van der Waals surface area contributed by atoms with Crippen LogP contribution in [0.5, 0.6) is 0 Å². The number of hydrogen-bond acceptors (Lipinski definition) is 3. The van der Waals surface area contributed by atoms with Gasteiger partial charge in [-0.2, -0.15) is 0 Å². The van der Waals surface area contributed by atoms with Crippen LogP contribution in [0.3, 0.4) is 0 Å². The van der Waals surface area contributed by atoms with Gasteiger partial charge in [0.05, 0.1) is 13.2 Å². The monoisotopic (exact) mass is 199 g/mol. The quantitative estimate of drug-likeness (QED) is 0.718. The molecule has 1 atom stereocenters. The second-order valence-corrected chi connectivity index (χ2v) is 4.10. The van der Waals surface area contributed by atoms with Crippen molar-refractivity contribution in [3.8, 4) is 0 Å². The molecule has 0 aromatic carbocycles. The second kappa shape index (κ2) is 3.87. The molecule has 1 amide bonds. The van der Waals surface area contributed by atoms with E-state index in [1.54, 1.807) is 7.11 Å². The van der Waals surface area contributed by atoms with Gasteiger partial charge in [-0.15, -0.1) is 0 Å². The standard InChI is InChI=1S/C10H17NO3/c1-13-10(5-6-14-7-10)9(12)11-8-3-2-4-8/h8H,2-7H2,1H3,(H,11,12). The van der Waals surface area contributed by atoms with Gasteiger partial charge in [0.15, 0.2) is 5.60 Å². The molecule has 1 unspecified atom stereocenters. The van der Waals surface area contributed by atoms with Crippen molar-refractivity contribution >= 4 is 5.91 Å². The number of amides is 1. The third-order valence-electron chi connectivity index (χ3n) is 3.23. The van der Waals surface area contributed by atoms with Crippen LogP contribution in [0.1, 0.15) is 25.7 Å². The van der Waals surface area contributed by atoms with Gasteiger partial charge in [-0.1, -0.05) is 0 Å². The molecular formula is C10H17NO3. The maximum Gasteiger partial charge on any atom is 0.254 e. The molecule has 80 valence electrons. The zero-order chi connectivity index (χ0) is 10.0. The summed E-state index contributed by atoms with van der Waals surface area (Å²) in [5, 5.41) is 3.01. The average molecular weight is 199 g/mol. The minimum Gasteiger partial charge on any atom is -0.378 e. The van der Waals surface area contributed by atoms with Crippen LogP contribution in [0, 0.1) is 0 Å². The molecule has 0 radical (unpaired) electrons. The Balaban J connectivity index is 1.92. The van der Waals surface area contributed by atoms with Crippen molar-refractivity contribution in [2.75, 3.05) is 20.3 Å². The van der Waals surface area contributed by atoms with Gasteiger partial charge >= 0.3 is 0 Å². The van der Waals surface area contributed by atoms with Crippen LogP contribution in [0.4, 0.5) is 0 Å². The van der Waals surface area contributed by atoms with Crippen molar-refractivity contribution in [1.82, 2.24) is 5.32 Å². The summed E-state index contributed by atoms with van der Waals surface area (Å²) in [5.41, 5.74) is -0.713. The number of hydrogen-bond donors (Lipinski definition) is 1. The topological polar surface area (TPSA) is 47.6 Å². The molecule has 1 aliphatic carbocycles. The lowest BCUT2D eigenvalue weighted by molar-refractivity contribution is -0.144. The van der Waals surface area contributed by atoms with Crippen molar-refractivity contribution in [1.29, 1.82) is 0 Å². The number of ether oxygens (including phenoxy) is 2. The highest BCUT2D eigenvalue weighted by atomic mass is 16.6. The predicted molar refractivity (Wildman–Crippen MR) is 51.0 cm³/mol. The molecule has 0 bridgehead atoms. The summed E-state index contributed by atoms with van der Waals surface area (Å²) in [7, 11) is 1.58. The van der Waals surface area contributed by atoms with Crippen LogP contribution in [0.15, 0.2) is 0 Å². The Labute approximate surface area is 84.0 Å². The first kappa shape index (κ1) is 9.93. The van der Waals surface area contributed by atoms with Crippen molar-refractivity contribution in [2.45, 2.75) is 37.3 Å². The summed E-state index contributed by atoms with van der Waals surface area (Å²) >= 11 is 0. The third-order valence-corrected chi connectivity index (χ3v) is 3.23. The molecule has 0 aromatic heterocycles. The number of carbonyl (C=O) groups is 1. The van der Waals surface area contributed by atoms with Gasteiger partial charge in [-0.25, -0.2) is 0 Å². The normalized spacial score (nSPS) is 32.6. The zero-order valence-electron chi connectivity index (χ0n) is 8.54. The van der Waals surface area contributed by atoms with E-state index in [2.05, 4.69) is 5.32 Å². The Kier molecular flexibility index (Phi) is 2.74. The molecule has 4 nitrogen and oxygen atoms in total. The van der Waals surface area contributed by atoms with E-state index in [1.807, 2.05) is 0 Å². The molecule has 0 spiro atoms. The molecule has 2 fully saturated rings. The van der Waals surface area contributed by atoms with E-state index in [4.69, 9.17) is 9.47 Å². The third kappa shape index (κ3) is 1.64. The summed E-state index contributed by atoms with van der Waals surface area (Å²) in [6.45, 7) is 1.01. The number of rotatable bonds is 3. The Bertz CT molecular complexity index is 219. The van der Waals surface area contributed by atoms with Gasteiger partial charge in [-0.3, -0.25) is 4.79 Å². The van der Waals surface area contributed by atoms with E-state index < -0.39 is 5.60 Å². The number of nitrogens with one attached hydrogen (secondary N) is 1. The van der Waals surface area contributed by atoms with Crippen LogP contribution in [0.25, 0.3) is 0 Å². The van der Waals surface area contributed by atoms with Crippen LogP contribution in [-0.2, 0) is 14.3 Å². The van der Waals surface area contributed by atoms with Gasteiger partial charge < -0.3 is 14.8 Å². The first-order valence-electron chi connectivity index (χ1n) is 5.21. The van der Waals surface area contributed by atoms with Crippen molar-refractivity contribution in [3.63, 3.8) is 0 Å².